The number of hydrogen-bond donors (Lipinski definition) is 0. The molecule has 0 spiro atoms. The molecule has 0 bridgehead atoms. The second kappa shape index (κ2) is 8.54. The Morgan fingerprint density at radius 1 is 1.15 bits per heavy atom. The second-order valence-electron chi connectivity index (χ2n) is 7.30. The Morgan fingerprint density at radius 3 is 2.50 bits per heavy atom. The maximum atomic E-state index is 12.8. The first kappa shape index (κ1) is 18.7. The summed E-state index contributed by atoms with van der Waals surface area (Å²) in [6.07, 6.45) is 1.96. The molecule has 0 aliphatic carbocycles. The van der Waals surface area contributed by atoms with E-state index in [9.17, 15) is 9.59 Å². The van der Waals surface area contributed by atoms with Crippen molar-refractivity contribution in [1.29, 1.82) is 0 Å². The van der Waals surface area contributed by atoms with E-state index in [-0.39, 0.29) is 17.7 Å². The molecule has 3 rings (SSSR count). The van der Waals surface area contributed by atoms with Crippen LogP contribution < -0.4 is 4.74 Å². The standard InChI is InChI=1S/C20H29N3O3/c1-21-11-13-22(14-12-21)20(25)17-5-8-19(24)23(15-17)10-9-16-3-6-18(26-2)7-4-16/h3-4,6-7,17H,5,8-15H2,1-2H3. The van der Waals surface area contributed by atoms with Gasteiger partial charge >= 0.3 is 0 Å². The number of hydrogen-bond acceptors (Lipinski definition) is 4. The van der Waals surface area contributed by atoms with Crippen LogP contribution in [0.3, 0.4) is 0 Å². The van der Waals surface area contributed by atoms with Gasteiger partial charge in [0.2, 0.25) is 11.8 Å². The van der Waals surface area contributed by atoms with Crippen LogP contribution in [-0.4, -0.2) is 79.9 Å². The summed E-state index contributed by atoms with van der Waals surface area (Å²) < 4.78 is 5.18. The lowest BCUT2D eigenvalue weighted by atomic mass is 9.95. The quantitative estimate of drug-likeness (QED) is 0.794. The van der Waals surface area contributed by atoms with Gasteiger partial charge in [-0.25, -0.2) is 0 Å². The first-order chi connectivity index (χ1) is 12.6. The van der Waals surface area contributed by atoms with Gasteiger partial charge in [0.1, 0.15) is 5.75 Å². The van der Waals surface area contributed by atoms with E-state index < -0.39 is 0 Å². The summed E-state index contributed by atoms with van der Waals surface area (Å²) in [5.41, 5.74) is 1.17. The number of likely N-dealkylation sites (tertiary alicyclic amines) is 1. The zero-order valence-electron chi connectivity index (χ0n) is 15.8. The number of carbonyl (C=O) groups excluding carboxylic acids is 2. The van der Waals surface area contributed by atoms with Crippen LogP contribution in [0.2, 0.25) is 0 Å². The highest BCUT2D eigenvalue weighted by Gasteiger charge is 2.33. The lowest BCUT2D eigenvalue weighted by Gasteiger charge is -2.38. The third-order valence-electron chi connectivity index (χ3n) is 5.49. The van der Waals surface area contributed by atoms with Gasteiger partial charge in [0, 0.05) is 45.7 Å². The Kier molecular flexibility index (Phi) is 6.14. The minimum Gasteiger partial charge on any atom is -0.497 e. The third-order valence-corrected chi connectivity index (χ3v) is 5.49. The van der Waals surface area contributed by atoms with Crippen molar-refractivity contribution in [2.24, 2.45) is 5.92 Å². The smallest absolute Gasteiger partial charge is 0.227 e. The summed E-state index contributed by atoms with van der Waals surface area (Å²) in [4.78, 5) is 31.2. The molecule has 1 atom stereocenters. The summed E-state index contributed by atoms with van der Waals surface area (Å²) in [5, 5.41) is 0. The Bertz CT molecular complexity index is 624. The zero-order valence-corrected chi connectivity index (χ0v) is 15.8. The number of rotatable bonds is 5. The van der Waals surface area contributed by atoms with Crippen molar-refractivity contribution in [3.63, 3.8) is 0 Å². The van der Waals surface area contributed by atoms with Crippen molar-refractivity contribution in [1.82, 2.24) is 14.7 Å². The molecule has 6 heteroatoms. The lowest BCUT2D eigenvalue weighted by molar-refractivity contribution is -0.144. The lowest BCUT2D eigenvalue weighted by Crippen LogP contribution is -2.52. The number of methoxy groups -OCH3 is 1. The molecule has 2 amide bonds. The highest BCUT2D eigenvalue weighted by molar-refractivity contribution is 5.84. The maximum absolute atomic E-state index is 12.8. The highest BCUT2D eigenvalue weighted by Crippen LogP contribution is 2.21. The van der Waals surface area contributed by atoms with E-state index in [1.54, 1.807) is 7.11 Å². The molecule has 2 aliphatic rings. The van der Waals surface area contributed by atoms with Crippen molar-refractivity contribution in [2.75, 3.05) is 53.4 Å². The number of amides is 2. The molecule has 1 aromatic rings. The first-order valence-electron chi connectivity index (χ1n) is 9.45. The van der Waals surface area contributed by atoms with E-state index >= 15 is 0 Å². The molecule has 2 fully saturated rings. The SMILES string of the molecule is COc1ccc(CCN2CC(C(=O)N3CCN(C)CC3)CCC2=O)cc1. The van der Waals surface area contributed by atoms with Gasteiger partial charge in [-0.1, -0.05) is 12.1 Å². The molecular formula is C20H29N3O3. The van der Waals surface area contributed by atoms with Gasteiger partial charge in [0.25, 0.3) is 0 Å². The van der Waals surface area contributed by atoms with Gasteiger partial charge < -0.3 is 19.4 Å². The predicted octanol–water partition coefficient (Wildman–Crippen LogP) is 1.25. The van der Waals surface area contributed by atoms with Crippen molar-refractivity contribution in [2.45, 2.75) is 19.3 Å². The van der Waals surface area contributed by atoms with Crippen LogP contribution in [0, 0.1) is 5.92 Å². The summed E-state index contributed by atoms with van der Waals surface area (Å²) in [7, 11) is 3.74. The molecule has 2 aliphatic heterocycles. The van der Waals surface area contributed by atoms with E-state index in [4.69, 9.17) is 4.74 Å². The van der Waals surface area contributed by atoms with Crippen molar-refractivity contribution in [3.05, 3.63) is 29.8 Å². The number of carbonyl (C=O) groups is 2. The summed E-state index contributed by atoms with van der Waals surface area (Å²) in [6, 6.07) is 7.93. The fourth-order valence-corrected chi connectivity index (χ4v) is 3.67. The Balaban J connectivity index is 1.53. The molecule has 1 aromatic carbocycles. The minimum atomic E-state index is -0.0491. The van der Waals surface area contributed by atoms with E-state index in [0.717, 1.165) is 38.3 Å². The van der Waals surface area contributed by atoms with Gasteiger partial charge in [-0.05, 0) is 37.6 Å². The number of benzene rings is 1. The van der Waals surface area contributed by atoms with Gasteiger partial charge in [-0.15, -0.1) is 0 Å². The minimum absolute atomic E-state index is 0.0491. The topological polar surface area (TPSA) is 53.1 Å². The van der Waals surface area contributed by atoms with Crippen LogP contribution in [0.5, 0.6) is 5.75 Å². The number of piperidine rings is 1. The van der Waals surface area contributed by atoms with Crippen LogP contribution in [0.15, 0.2) is 24.3 Å². The van der Waals surface area contributed by atoms with E-state index in [1.807, 2.05) is 34.1 Å². The molecule has 0 N–H and O–H groups in total. The number of piperazine rings is 1. The largest absolute Gasteiger partial charge is 0.497 e. The molecule has 6 nitrogen and oxygen atoms in total. The van der Waals surface area contributed by atoms with Crippen molar-refractivity contribution < 1.29 is 14.3 Å². The summed E-state index contributed by atoms with van der Waals surface area (Å²) in [6.45, 7) is 4.67. The average molecular weight is 359 g/mol. The Labute approximate surface area is 155 Å². The van der Waals surface area contributed by atoms with Crippen LogP contribution in [0.1, 0.15) is 18.4 Å². The molecular weight excluding hydrogens is 330 g/mol. The number of ether oxygens (including phenoxy) is 1. The number of nitrogens with zero attached hydrogens (tertiary/aromatic N) is 3. The van der Waals surface area contributed by atoms with Crippen molar-refractivity contribution >= 4 is 11.8 Å². The van der Waals surface area contributed by atoms with E-state index in [1.165, 1.54) is 5.56 Å². The fourth-order valence-electron chi connectivity index (χ4n) is 3.67. The molecule has 2 saturated heterocycles. The van der Waals surface area contributed by atoms with Crippen molar-refractivity contribution in [3.8, 4) is 5.75 Å². The van der Waals surface area contributed by atoms with Crippen LogP contribution >= 0.6 is 0 Å². The second-order valence-corrected chi connectivity index (χ2v) is 7.30. The normalized spacial score (nSPS) is 21.8. The number of likely N-dealkylation sites (N-methyl/N-ethyl adjacent to an activating group) is 1. The maximum Gasteiger partial charge on any atom is 0.227 e. The van der Waals surface area contributed by atoms with Gasteiger partial charge in [-0.2, -0.15) is 0 Å². The highest BCUT2D eigenvalue weighted by atomic mass is 16.5. The monoisotopic (exact) mass is 359 g/mol. The summed E-state index contributed by atoms with van der Waals surface area (Å²) in [5.74, 6) is 1.17. The Hall–Kier alpha value is -2.08. The molecule has 142 valence electrons. The van der Waals surface area contributed by atoms with Crippen LogP contribution in [0.4, 0.5) is 0 Å². The summed E-state index contributed by atoms with van der Waals surface area (Å²) >= 11 is 0. The van der Waals surface area contributed by atoms with Gasteiger partial charge in [0.05, 0.1) is 13.0 Å². The molecule has 26 heavy (non-hydrogen) atoms. The fraction of sp³-hybridized carbons (Fsp3) is 0.600. The van der Waals surface area contributed by atoms with Gasteiger partial charge in [-0.3, -0.25) is 9.59 Å². The average Bonchev–Trinajstić information content (AvgIpc) is 2.68. The third kappa shape index (κ3) is 4.55. The van der Waals surface area contributed by atoms with E-state index in [0.29, 0.717) is 25.9 Å². The molecule has 0 aromatic heterocycles. The van der Waals surface area contributed by atoms with Gasteiger partial charge in [0.15, 0.2) is 0 Å². The van der Waals surface area contributed by atoms with E-state index in [2.05, 4.69) is 11.9 Å². The molecule has 2 heterocycles. The first-order valence-corrected chi connectivity index (χ1v) is 9.45. The van der Waals surface area contributed by atoms with Crippen LogP contribution in [-0.2, 0) is 16.0 Å². The molecule has 0 radical (unpaired) electrons. The predicted molar refractivity (Wildman–Crippen MR) is 100 cm³/mol. The molecule has 0 saturated carbocycles. The zero-order chi connectivity index (χ0) is 18.5. The molecule has 1 unspecified atom stereocenters. The van der Waals surface area contributed by atoms with Crippen LogP contribution in [0.25, 0.3) is 0 Å². The Morgan fingerprint density at radius 2 is 1.85 bits per heavy atom.